The highest BCUT2D eigenvalue weighted by Gasteiger charge is 2.22. The number of aliphatic hydroxyl groups is 1. The molecule has 5 N–H and O–H groups in total. The molecule has 3 atom stereocenters. The van der Waals surface area contributed by atoms with Crippen molar-refractivity contribution in [2.45, 2.75) is 63.9 Å². The second-order valence-electron chi connectivity index (χ2n) is 10.2. The lowest BCUT2D eigenvalue weighted by molar-refractivity contribution is 0.0939. The average Bonchev–Trinajstić information content (AvgIpc) is 3.50. The van der Waals surface area contributed by atoms with E-state index in [9.17, 15) is 9.90 Å². The quantitative estimate of drug-likeness (QED) is 0.294. The van der Waals surface area contributed by atoms with E-state index in [1.54, 1.807) is 11.3 Å². The van der Waals surface area contributed by atoms with Gasteiger partial charge >= 0.3 is 0 Å². The molecule has 2 heterocycles. The van der Waals surface area contributed by atoms with Crippen molar-refractivity contribution in [2.75, 3.05) is 18.4 Å². The number of rotatable bonds is 9. The Kier molecular flexibility index (Phi) is 7.72. The summed E-state index contributed by atoms with van der Waals surface area (Å²) >= 11 is 1.79. The maximum Gasteiger partial charge on any atom is 0.252 e. The molecule has 190 valence electrons. The number of hydrogen-bond acceptors (Lipinski definition) is 6. The Morgan fingerprint density at radius 1 is 1.11 bits per heavy atom. The largest absolute Gasteiger partial charge is 0.393 e. The molecule has 7 heteroatoms. The van der Waals surface area contributed by atoms with Gasteiger partial charge in [0.15, 0.2) is 0 Å². The molecule has 36 heavy (non-hydrogen) atoms. The molecule has 2 aliphatic rings. The second-order valence-corrected chi connectivity index (χ2v) is 11.3. The van der Waals surface area contributed by atoms with Crippen molar-refractivity contribution in [3.63, 3.8) is 0 Å². The lowest BCUT2D eigenvalue weighted by Crippen LogP contribution is -2.51. The minimum atomic E-state index is -0.152. The van der Waals surface area contributed by atoms with Crippen LogP contribution in [-0.2, 0) is 6.54 Å². The summed E-state index contributed by atoms with van der Waals surface area (Å²) in [5, 5.41) is 23.3. The topological polar surface area (TPSA) is 85.4 Å². The van der Waals surface area contributed by atoms with Crippen LogP contribution in [0.5, 0.6) is 0 Å². The van der Waals surface area contributed by atoms with Crippen molar-refractivity contribution in [2.24, 2.45) is 0 Å². The Morgan fingerprint density at radius 3 is 2.72 bits per heavy atom. The highest BCUT2D eigenvalue weighted by Crippen LogP contribution is 2.30. The van der Waals surface area contributed by atoms with Crippen LogP contribution in [0.4, 0.5) is 5.69 Å². The third-order valence-electron chi connectivity index (χ3n) is 7.28. The fraction of sp³-hybridized carbons (Fsp3) is 0.414. The van der Waals surface area contributed by atoms with Crippen LogP contribution < -0.4 is 21.3 Å². The van der Waals surface area contributed by atoms with Gasteiger partial charge < -0.3 is 26.4 Å². The predicted molar refractivity (Wildman–Crippen MR) is 148 cm³/mol. The number of hydrogen-bond donors (Lipinski definition) is 5. The van der Waals surface area contributed by atoms with Crippen molar-refractivity contribution in [1.82, 2.24) is 16.0 Å². The van der Waals surface area contributed by atoms with E-state index in [0.717, 1.165) is 61.3 Å². The number of carbonyl (C=O) groups excluding carboxylic acids is 1. The summed E-state index contributed by atoms with van der Waals surface area (Å²) < 4.78 is 0. The van der Waals surface area contributed by atoms with E-state index in [0.29, 0.717) is 17.6 Å². The van der Waals surface area contributed by atoms with Gasteiger partial charge in [-0.3, -0.25) is 4.79 Å². The number of benzene rings is 2. The van der Waals surface area contributed by atoms with E-state index in [1.165, 1.54) is 9.75 Å². The third-order valence-corrected chi connectivity index (χ3v) is 8.42. The summed E-state index contributed by atoms with van der Waals surface area (Å²) in [6.45, 7) is 6.76. The molecule has 1 saturated heterocycles. The van der Waals surface area contributed by atoms with E-state index in [2.05, 4.69) is 57.7 Å². The number of aryl methyl sites for hydroxylation is 1. The van der Waals surface area contributed by atoms with Crippen molar-refractivity contribution >= 4 is 22.9 Å². The van der Waals surface area contributed by atoms with Gasteiger partial charge in [-0.2, -0.15) is 0 Å². The lowest BCUT2D eigenvalue weighted by atomic mass is 10.0. The first-order valence-corrected chi connectivity index (χ1v) is 13.8. The van der Waals surface area contributed by atoms with Crippen LogP contribution in [-0.4, -0.2) is 42.3 Å². The number of nitrogens with one attached hydrogen (secondary N) is 4. The van der Waals surface area contributed by atoms with E-state index < -0.39 is 0 Å². The first-order valence-electron chi connectivity index (χ1n) is 12.9. The zero-order valence-electron chi connectivity index (χ0n) is 21.0. The Balaban J connectivity index is 1.22. The van der Waals surface area contributed by atoms with E-state index >= 15 is 0 Å². The molecule has 1 amide bonds. The fourth-order valence-corrected chi connectivity index (χ4v) is 5.87. The minimum Gasteiger partial charge on any atom is -0.393 e. The Morgan fingerprint density at radius 2 is 1.97 bits per heavy atom. The van der Waals surface area contributed by atoms with Crippen molar-refractivity contribution in [1.29, 1.82) is 0 Å². The van der Waals surface area contributed by atoms with Crippen LogP contribution in [0.1, 0.15) is 58.6 Å². The summed E-state index contributed by atoms with van der Waals surface area (Å²) in [5.41, 5.74) is 4.91. The standard InChI is InChI=1S/C29H36N4O2S/c1-18-6-7-23(33-24-15-30-16-24)14-27(18)29(35)32-19(2)20-4-3-5-21(12-20)28-11-10-26(36-28)17-31-22-8-9-25(34)13-22/h3-7,10-12,14,19,22,24-25,30-31,33-34H,8-9,13,15-17H2,1-2H3,(H,32,35)/t19-,22+,25-/m1/s1. The summed E-state index contributed by atoms with van der Waals surface area (Å²) in [6, 6.07) is 19.5. The second kappa shape index (κ2) is 11.1. The normalized spacial score (nSPS) is 20.6. The molecule has 2 aromatic carbocycles. The highest BCUT2D eigenvalue weighted by atomic mass is 32.1. The van der Waals surface area contributed by atoms with Crippen LogP contribution in [0.2, 0.25) is 0 Å². The van der Waals surface area contributed by atoms with E-state index in [1.807, 2.05) is 32.0 Å². The number of carbonyl (C=O) groups is 1. The SMILES string of the molecule is Cc1ccc(NC2CNC2)cc1C(=O)N[C@H](C)c1cccc(-c2ccc(CN[C@H]3CC[C@@H](O)C3)s2)c1. The average molecular weight is 505 g/mol. The molecule has 6 nitrogen and oxygen atoms in total. The first kappa shape index (κ1) is 25.0. The van der Waals surface area contributed by atoms with Gasteiger partial charge in [-0.25, -0.2) is 0 Å². The van der Waals surface area contributed by atoms with Crippen molar-refractivity contribution < 1.29 is 9.90 Å². The van der Waals surface area contributed by atoms with Gasteiger partial charge in [0, 0.05) is 46.7 Å². The molecule has 2 fully saturated rings. The van der Waals surface area contributed by atoms with Gasteiger partial charge in [-0.05, 0) is 80.1 Å². The molecule has 1 aromatic heterocycles. The molecule has 0 radical (unpaired) electrons. The van der Waals surface area contributed by atoms with Crippen LogP contribution in [0.3, 0.4) is 0 Å². The maximum atomic E-state index is 13.2. The van der Waals surface area contributed by atoms with Gasteiger partial charge in [0.25, 0.3) is 5.91 Å². The van der Waals surface area contributed by atoms with Crippen LogP contribution in [0.25, 0.3) is 10.4 Å². The molecule has 0 bridgehead atoms. The molecule has 0 spiro atoms. The third kappa shape index (κ3) is 5.98. The van der Waals surface area contributed by atoms with Crippen LogP contribution >= 0.6 is 11.3 Å². The number of thiophene rings is 1. The summed E-state index contributed by atoms with van der Waals surface area (Å²) in [7, 11) is 0. The molecule has 3 aromatic rings. The van der Waals surface area contributed by atoms with Crippen LogP contribution in [0, 0.1) is 6.92 Å². The van der Waals surface area contributed by atoms with Crippen molar-refractivity contribution in [3.05, 3.63) is 76.2 Å². The Bertz CT molecular complexity index is 1210. The lowest BCUT2D eigenvalue weighted by Gasteiger charge is -2.29. The van der Waals surface area contributed by atoms with Gasteiger partial charge in [-0.15, -0.1) is 11.3 Å². The van der Waals surface area contributed by atoms with E-state index in [4.69, 9.17) is 0 Å². The molecule has 1 saturated carbocycles. The van der Waals surface area contributed by atoms with Gasteiger partial charge in [0.2, 0.25) is 0 Å². The summed E-state index contributed by atoms with van der Waals surface area (Å²) in [4.78, 5) is 15.7. The Labute approximate surface area is 217 Å². The number of amides is 1. The van der Waals surface area contributed by atoms with Gasteiger partial charge in [0.05, 0.1) is 18.2 Å². The molecule has 1 aliphatic carbocycles. The molecule has 1 aliphatic heterocycles. The monoisotopic (exact) mass is 504 g/mol. The van der Waals surface area contributed by atoms with Gasteiger partial charge in [-0.1, -0.05) is 24.3 Å². The molecular formula is C29H36N4O2S. The Hall–Kier alpha value is -2.71. The molecule has 0 unspecified atom stereocenters. The minimum absolute atomic E-state index is 0.0534. The number of aliphatic hydroxyl groups excluding tert-OH is 1. The smallest absolute Gasteiger partial charge is 0.252 e. The van der Waals surface area contributed by atoms with Crippen molar-refractivity contribution in [3.8, 4) is 10.4 Å². The predicted octanol–water partition coefficient (Wildman–Crippen LogP) is 4.60. The zero-order valence-corrected chi connectivity index (χ0v) is 21.8. The summed E-state index contributed by atoms with van der Waals surface area (Å²) in [5.74, 6) is -0.0534. The van der Waals surface area contributed by atoms with E-state index in [-0.39, 0.29) is 18.1 Å². The molecule has 5 rings (SSSR count). The molecular weight excluding hydrogens is 468 g/mol. The summed E-state index contributed by atoms with van der Waals surface area (Å²) in [6.07, 6.45) is 2.64. The maximum absolute atomic E-state index is 13.2. The zero-order chi connectivity index (χ0) is 25.1. The number of anilines is 1. The fourth-order valence-electron chi connectivity index (χ4n) is 4.92. The highest BCUT2D eigenvalue weighted by molar-refractivity contribution is 7.15. The van der Waals surface area contributed by atoms with Gasteiger partial charge in [0.1, 0.15) is 0 Å². The first-order chi connectivity index (χ1) is 17.4. The van der Waals surface area contributed by atoms with Crippen LogP contribution in [0.15, 0.2) is 54.6 Å².